The second-order valence-corrected chi connectivity index (χ2v) is 6.77. The Hall–Kier alpha value is -3.23. The Bertz CT molecular complexity index is 1050. The van der Waals surface area contributed by atoms with Crippen molar-refractivity contribution in [3.8, 4) is 0 Å². The third kappa shape index (κ3) is 4.19. The first-order valence-corrected chi connectivity index (χ1v) is 9.12. The average Bonchev–Trinajstić information content (AvgIpc) is 3.19. The Morgan fingerprint density at radius 1 is 1.17 bits per heavy atom. The van der Waals surface area contributed by atoms with Gasteiger partial charge in [-0.15, -0.1) is 0 Å². The molecule has 2 aromatic heterocycles. The van der Waals surface area contributed by atoms with Crippen molar-refractivity contribution in [3.05, 3.63) is 29.1 Å². The molecule has 3 rings (SSSR count). The number of fused-ring (bicyclic) bond motifs is 1. The first-order valence-electron chi connectivity index (χ1n) is 8.74. The number of hydrogen-bond acceptors (Lipinski definition) is 9. The predicted octanol–water partition coefficient (Wildman–Crippen LogP) is 1.96. The molecule has 0 amide bonds. The molecule has 1 aliphatic heterocycles. The zero-order valence-electron chi connectivity index (χ0n) is 16.2. The van der Waals surface area contributed by atoms with Crippen molar-refractivity contribution in [2.45, 2.75) is 45.3 Å². The molecule has 0 radical (unpaired) electrons. The van der Waals surface area contributed by atoms with Gasteiger partial charge in [-0.3, -0.25) is 14.4 Å². The predicted molar refractivity (Wildman–Crippen MR) is 100 cm³/mol. The zero-order chi connectivity index (χ0) is 22.0. The minimum atomic E-state index is -1.10. The SMILES string of the molecule is [C-]#[N+]c1cn([C@@H]2OC(COC(C)=O)C(OC(C)=O)[C@H]2OC(C)=O)c2ncnc(Cl)c12. The number of carbonyl (C=O) groups excluding carboxylic acids is 3. The van der Waals surface area contributed by atoms with Crippen LogP contribution in [0.1, 0.15) is 27.0 Å². The van der Waals surface area contributed by atoms with Crippen molar-refractivity contribution in [2.24, 2.45) is 0 Å². The van der Waals surface area contributed by atoms with Crippen molar-refractivity contribution >= 4 is 46.2 Å². The van der Waals surface area contributed by atoms with Gasteiger partial charge in [0.1, 0.15) is 29.8 Å². The summed E-state index contributed by atoms with van der Waals surface area (Å²) in [5, 5.41) is 0.367. The molecule has 1 aliphatic rings. The van der Waals surface area contributed by atoms with Crippen LogP contribution in [0.15, 0.2) is 12.5 Å². The molecule has 1 saturated heterocycles. The Labute approximate surface area is 175 Å². The van der Waals surface area contributed by atoms with E-state index in [1.54, 1.807) is 0 Å². The summed E-state index contributed by atoms with van der Waals surface area (Å²) in [5.74, 6) is -1.85. The third-order valence-corrected chi connectivity index (χ3v) is 4.56. The van der Waals surface area contributed by atoms with Crippen LogP contribution in [0.2, 0.25) is 5.15 Å². The van der Waals surface area contributed by atoms with Crippen LogP contribution in [0.25, 0.3) is 15.9 Å². The van der Waals surface area contributed by atoms with Gasteiger partial charge in [0.25, 0.3) is 0 Å². The minimum Gasteiger partial charge on any atom is -0.463 e. The summed E-state index contributed by atoms with van der Waals surface area (Å²) in [6.45, 7) is 10.8. The fourth-order valence-electron chi connectivity index (χ4n) is 3.22. The maximum atomic E-state index is 11.8. The highest BCUT2D eigenvalue weighted by Crippen LogP contribution is 2.40. The van der Waals surface area contributed by atoms with Crippen LogP contribution >= 0.6 is 11.6 Å². The maximum Gasteiger partial charge on any atom is 0.303 e. The lowest BCUT2D eigenvalue weighted by Gasteiger charge is -2.24. The van der Waals surface area contributed by atoms with Gasteiger partial charge in [0.15, 0.2) is 18.4 Å². The molecule has 12 heteroatoms. The summed E-state index contributed by atoms with van der Waals surface area (Å²) in [5.41, 5.74) is 0.422. The van der Waals surface area contributed by atoms with E-state index >= 15 is 0 Å². The van der Waals surface area contributed by atoms with Crippen molar-refractivity contribution in [1.82, 2.24) is 14.5 Å². The topological polar surface area (TPSA) is 123 Å². The molecule has 11 nitrogen and oxygen atoms in total. The molecule has 0 N–H and O–H groups in total. The third-order valence-electron chi connectivity index (χ3n) is 4.28. The number of hydrogen-bond donors (Lipinski definition) is 0. The molecule has 2 aromatic rings. The van der Waals surface area contributed by atoms with Crippen LogP contribution in [0.3, 0.4) is 0 Å². The average molecular weight is 437 g/mol. The van der Waals surface area contributed by atoms with Gasteiger partial charge < -0.3 is 23.5 Å². The lowest BCUT2D eigenvalue weighted by Crippen LogP contribution is -2.40. The highest BCUT2D eigenvalue weighted by Gasteiger charge is 2.51. The van der Waals surface area contributed by atoms with Gasteiger partial charge in [0.2, 0.25) is 5.69 Å². The van der Waals surface area contributed by atoms with E-state index in [9.17, 15) is 14.4 Å². The van der Waals surface area contributed by atoms with Crippen LogP contribution < -0.4 is 0 Å². The molecule has 0 saturated carbocycles. The highest BCUT2D eigenvalue weighted by atomic mass is 35.5. The fourth-order valence-corrected chi connectivity index (χ4v) is 3.45. The Morgan fingerprint density at radius 2 is 1.83 bits per heavy atom. The Morgan fingerprint density at radius 3 is 2.43 bits per heavy atom. The molecular weight excluding hydrogens is 420 g/mol. The van der Waals surface area contributed by atoms with Crippen molar-refractivity contribution < 1.29 is 33.3 Å². The Balaban J connectivity index is 2.09. The first-order chi connectivity index (χ1) is 14.2. The summed E-state index contributed by atoms with van der Waals surface area (Å²) in [6, 6.07) is 0. The van der Waals surface area contributed by atoms with E-state index in [0.29, 0.717) is 5.39 Å². The Kier molecular flexibility index (Phi) is 6.19. The number of carbonyl (C=O) groups is 3. The smallest absolute Gasteiger partial charge is 0.303 e. The van der Waals surface area contributed by atoms with Crippen molar-refractivity contribution in [2.75, 3.05) is 6.61 Å². The van der Waals surface area contributed by atoms with E-state index in [2.05, 4.69) is 14.8 Å². The summed E-state index contributed by atoms with van der Waals surface area (Å²) in [6.07, 6.45) is -1.50. The van der Waals surface area contributed by atoms with Gasteiger partial charge in [-0.1, -0.05) is 11.6 Å². The molecule has 30 heavy (non-hydrogen) atoms. The zero-order valence-corrected chi connectivity index (χ0v) is 17.0. The van der Waals surface area contributed by atoms with E-state index in [1.165, 1.54) is 37.9 Å². The number of esters is 3. The molecule has 0 bridgehead atoms. The minimum absolute atomic E-state index is 0.0692. The summed E-state index contributed by atoms with van der Waals surface area (Å²) in [7, 11) is 0. The van der Waals surface area contributed by atoms with Crippen LogP contribution in [-0.4, -0.2) is 57.4 Å². The maximum absolute atomic E-state index is 11.8. The van der Waals surface area contributed by atoms with Gasteiger partial charge in [-0.05, 0) is 0 Å². The lowest BCUT2D eigenvalue weighted by atomic mass is 10.1. The number of nitrogens with zero attached hydrogens (tertiary/aromatic N) is 4. The normalized spacial score (nSPS) is 23.0. The van der Waals surface area contributed by atoms with Crippen LogP contribution in [-0.2, 0) is 33.3 Å². The molecule has 4 atom stereocenters. The van der Waals surface area contributed by atoms with E-state index < -0.39 is 42.4 Å². The summed E-state index contributed by atoms with van der Waals surface area (Å²) >= 11 is 6.13. The van der Waals surface area contributed by atoms with E-state index in [0.717, 1.165) is 0 Å². The second kappa shape index (κ2) is 8.64. The van der Waals surface area contributed by atoms with Gasteiger partial charge >= 0.3 is 17.9 Å². The van der Waals surface area contributed by atoms with Crippen molar-refractivity contribution in [1.29, 1.82) is 0 Å². The molecule has 3 heterocycles. The van der Waals surface area contributed by atoms with Gasteiger partial charge in [-0.2, -0.15) is 0 Å². The van der Waals surface area contributed by atoms with E-state index in [1.807, 2.05) is 0 Å². The monoisotopic (exact) mass is 436 g/mol. The van der Waals surface area contributed by atoms with E-state index in [-0.39, 0.29) is 23.1 Å². The molecular formula is C18H17ClN4O7. The number of ether oxygens (including phenoxy) is 4. The number of aromatic nitrogens is 3. The summed E-state index contributed by atoms with van der Waals surface area (Å²) < 4.78 is 23.1. The largest absolute Gasteiger partial charge is 0.463 e. The van der Waals surface area contributed by atoms with Crippen LogP contribution in [0, 0.1) is 6.57 Å². The number of halogens is 1. The van der Waals surface area contributed by atoms with Crippen molar-refractivity contribution in [3.63, 3.8) is 0 Å². The lowest BCUT2D eigenvalue weighted by molar-refractivity contribution is -0.166. The molecule has 0 aromatic carbocycles. The highest BCUT2D eigenvalue weighted by molar-refractivity contribution is 6.35. The molecule has 158 valence electrons. The standard InChI is InChI=1S/C18H17ClN4O7/c1-8(24)27-6-12-14(28-9(2)25)15(29-10(3)26)18(30-12)23-5-11(20-4)13-16(19)21-7-22-17(13)23/h5,7,12,14-15,18H,6H2,1-3H3/t12?,14?,15-,18-/m1/s1. The number of rotatable bonds is 5. The van der Waals surface area contributed by atoms with Crippen LogP contribution in [0.5, 0.6) is 0 Å². The van der Waals surface area contributed by atoms with Gasteiger partial charge in [0.05, 0.1) is 12.0 Å². The second-order valence-electron chi connectivity index (χ2n) is 6.41. The summed E-state index contributed by atoms with van der Waals surface area (Å²) in [4.78, 5) is 46.1. The molecule has 1 fully saturated rings. The van der Waals surface area contributed by atoms with Crippen LogP contribution in [0.4, 0.5) is 5.69 Å². The quantitative estimate of drug-likeness (QED) is 0.299. The van der Waals surface area contributed by atoms with E-state index in [4.69, 9.17) is 37.1 Å². The molecule has 0 aliphatic carbocycles. The molecule has 0 spiro atoms. The molecule has 2 unspecified atom stereocenters. The fraction of sp³-hybridized carbons (Fsp3) is 0.444. The van der Waals surface area contributed by atoms with Gasteiger partial charge in [0, 0.05) is 27.0 Å². The first kappa shape index (κ1) is 21.5. The van der Waals surface area contributed by atoms with Gasteiger partial charge in [-0.25, -0.2) is 14.8 Å².